The number of hydrogen-bond donors (Lipinski definition) is 1. The van der Waals surface area contributed by atoms with Crippen LogP contribution in [0.4, 0.5) is 0 Å². The molecule has 0 saturated carbocycles. The van der Waals surface area contributed by atoms with Gasteiger partial charge in [-0.25, -0.2) is 0 Å². The molecule has 3 nitrogen and oxygen atoms in total. The van der Waals surface area contributed by atoms with Gasteiger partial charge in [0.1, 0.15) is 0 Å². The quantitative estimate of drug-likeness (QED) is 0.774. The molecule has 0 aromatic carbocycles. The molecular weight excluding hydrogens is 214 g/mol. The molecule has 0 aromatic heterocycles. The third-order valence-electron chi connectivity index (χ3n) is 4.58. The molecule has 100 valence electrons. The highest BCUT2D eigenvalue weighted by Crippen LogP contribution is 2.39. The van der Waals surface area contributed by atoms with Gasteiger partial charge >= 0.3 is 0 Å². The summed E-state index contributed by atoms with van der Waals surface area (Å²) in [7, 11) is 2.05. The summed E-state index contributed by atoms with van der Waals surface area (Å²) in [6.07, 6.45) is 8.46. The van der Waals surface area contributed by atoms with Gasteiger partial charge in [0.25, 0.3) is 0 Å². The lowest BCUT2D eigenvalue weighted by atomic mass is 9.77. The van der Waals surface area contributed by atoms with Crippen LogP contribution < -0.4 is 5.32 Å². The third-order valence-corrected chi connectivity index (χ3v) is 4.58. The van der Waals surface area contributed by atoms with Crippen molar-refractivity contribution in [1.29, 1.82) is 0 Å². The minimum Gasteiger partial charge on any atom is -0.378 e. The molecule has 0 radical (unpaired) electrons. The average molecular weight is 241 g/mol. The zero-order valence-electron chi connectivity index (χ0n) is 11.3. The van der Waals surface area contributed by atoms with Crippen LogP contribution in [0.15, 0.2) is 0 Å². The maximum absolute atomic E-state index is 5.77. The third kappa shape index (κ3) is 3.21. The highest BCUT2D eigenvalue weighted by molar-refractivity contribution is 4.91. The molecule has 2 saturated heterocycles. The first-order valence-corrected chi connectivity index (χ1v) is 7.15. The summed E-state index contributed by atoms with van der Waals surface area (Å²) in [6.45, 7) is 5.23. The lowest BCUT2D eigenvalue weighted by Gasteiger charge is -2.32. The van der Waals surface area contributed by atoms with Crippen molar-refractivity contribution in [3.63, 3.8) is 0 Å². The van der Waals surface area contributed by atoms with Crippen LogP contribution in [0.2, 0.25) is 0 Å². The van der Waals surface area contributed by atoms with Gasteiger partial charge in [-0.1, -0.05) is 6.42 Å². The van der Waals surface area contributed by atoms with E-state index in [9.17, 15) is 0 Å². The molecule has 0 spiro atoms. The van der Waals surface area contributed by atoms with Crippen LogP contribution >= 0.6 is 0 Å². The average Bonchev–Trinajstić information content (AvgIpc) is 2.92. The van der Waals surface area contributed by atoms with E-state index in [0.717, 1.165) is 19.8 Å². The lowest BCUT2D eigenvalue weighted by Crippen LogP contribution is -2.38. The zero-order valence-corrected chi connectivity index (χ0v) is 11.3. The predicted octanol–water partition coefficient (Wildman–Crippen LogP) is 2.35. The van der Waals surface area contributed by atoms with Crippen molar-refractivity contribution in [2.45, 2.75) is 57.7 Å². The van der Waals surface area contributed by atoms with Gasteiger partial charge in [-0.15, -0.1) is 0 Å². The molecular formula is C14H27NO2. The van der Waals surface area contributed by atoms with Crippen LogP contribution in [0.1, 0.15) is 45.4 Å². The van der Waals surface area contributed by atoms with E-state index < -0.39 is 0 Å². The molecule has 0 aliphatic carbocycles. The van der Waals surface area contributed by atoms with Crippen molar-refractivity contribution in [3.8, 4) is 0 Å². The summed E-state index contributed by atoms with van der Waals surface area (Å²) in [5.41, 5.74) is 0.368. The van der Waals surface area contributed by atoms with E-state index in [2.05, 4.69) is 12.2 Å². The fourth-order valence-electron chi connectivity index (χ4n) is 3.37. The Morgan fingerprint density at radius 1 is 1.29 bits per heavy atom. The van der Waals surface area contributed by atoms with Crippen LogP contribution in [0.25, 0.3) is 0 Å². The molecule has 1 N–H and O–H groups in total. The van der Waals surface area contributed by atoms with Gasteiger partial charge in [-0.05, 0) is 46.1 Å². The molecule has 17 heavy (non-hydrogen) atoms. The molecule has 3 heteroatoms. The Hall–Kier alpha value is -0.120. The number of hydrogen-bond acceptors (Lipinski definition) is 3. The Kier molecular flexibility index (Phi) is 4.83. The van der Waals surface area contributed by atoms with E-state index in [4.69, 9.17) is 9.47 Å². The Balaban J connectivity index is 1.77. The SMILES string of the molecule is CNCC1(CCCC2CCCO2)CCOC1C. The van der Waals surface area contributed by atoms with Crippen LogP contribution in [-0.4, -0.2) is 39.0 Å². The van der Waals surface area contributed by atoms with E-state index in [1.165, 1.54) is 38.5 Å². The second kappa shape index (κ2) is 6.17. The van der Waals surface area contributed by atoms with Crippen LogP contribution in [0.3, 0.4) is 0 Å². The van der Waals surface area contributed by atoms with Gasteiger partial charge in [0.2, 0.25) is 0 Å². The molecule has 2 heterocycles. The summed E-state index contributed by atoms with van der Waals surface area (Å²) in [4.78, 5) is 0. The summed E-state index contributed by atoms with van der Waals surface area (Å²) in [5.74, 6) is 0. The standard InChI is InChI=1S/C14H27NO2/c1-12-14(11-15-2,8-10-16-12)7-3-5-13-6-4-9-17-13/h12-13,15H,3-11H2,1-2H3. The van der Waals surface area contributed by atoms with Gasteiger partial charge in [-0.2, -0.15) is 0 Å². The maximum Gasteiger partial charge on any atom is 0.0616 e. The van der Waals surface area contributed by atoms with Crippen LogP contribution in [0, 0.1) is 5.41 Å². The maximum atomic E-state index is 5.77. The Morgan fingerprint density at radius 2 is 2.18 bits per heavy atom. The lowest BCUT2D eigenvalue weighted by molar-refractivity contribution is 0.0525. The van der Waals surface area contributed by atoms with Gasteiger partial charge < -0.3 is 14.8 Å². The minimum absolute atomic E-state index is 0.368. The summed E-state index contributed by atoms with van der Waals surface area (Å²) in [5, 5.41) is 3.35. The highest BCUT2D eigenvalue weighted by atomic mass is 16.5. The predicted molar refractivity (Wildman–Crippen MR) is 69.2 cm³/mol. The van der Waals surface area contributed by atoms with E-state index in [1.807, 2.05) is 7.05 Å². The highest BCUT2D eigenvalue weighted by Gasteiger charge is 2.40. The number of rotatable bonds is 6. The van der Waals surface area contributed by atoms with Crippen molar-refractivity contribution >= 4 is 0 Å². The van der Waals surface area contributed by atoms with Gasteiger partial charge in [0, 0.05) is 25.2 Å². The summed E-state index contributed by atoms with van der Waals surface area (Å²) < 4.78 is 11.5. The number of nitrogens with one attached hydrogen (secondary N) is 1. The van der Waals surface area contributed by atoms with Gasteiger partial charge in [0.15, 0.2) is 0 Å². The first-order valence-electron chi connectivity index (χ1n) is 7.15. The number of ether oxygens (including phenoxy) is 2. The molecule has 3 atom stereocenters. The Bertz CT molecular complexity index is 228. The molecule has 3 unspecified atom stereocenters. The van der Waals surface area contributed by atoms with Crippen molar-refractivity contribution < 1.29 is 9.47 Å². The molecule has 0 amide bonds. The Morgan fingerprint density at radius 3 is 2.76 bits per heavy atom. The molecule has 2 aliphatic rings. The largest absolute Gasteiger partial charge is 0.378 e. The summed E-state index contributed by atoms with van der Waals surface area (Å²) >= 11 is 0. The zero-order chi connectivity index (χ0) is 12.1. The fraction of sp³-hybridized carbons (Fsp3) is 1.00. The second-order valence-electron chi connectivity index (χ2n) is 5.68. The molecule has 2 aliphatic heterocycles. The van der Waals surface area contributed by atoms with E-state index in [0.29, 0.717) is 17.6 Å². The van der Waals surface area contributed by atoms with E-state index in [1.54, 1.807) is 0 Å². The smallest absolute Gasteiger partial charge is 0.0616 e. The van der Waals surface area contributed by atoms with Gasteiger partial charge in [-0.3, -0.25) is 0 Å². The molecule has 0 aromatic rings. The minimum atomic E-state index is 0.368. The summed E-state index contributed by atoms with van der Waals surface area (Å²) in [6, 6.07) is 0. The second-order valence-corrected chi connectivity index (χ2v) is 5.68. The molecule has 2 rings (SSSR count). The van der Waals surface area contributed by atoms with Crippen molar-refractivity contribution in [2.24, 2.45) is 5.41 Å². The Labute approximate surface area is 105 Å². The topological polar surface area (TPSA) is 30.5 Å². The van der Waals surface area contributed by atoms with E-state index in [-0.39, 0.29) is 0 Å². The monoisotopic (exact) mass is 241 g/mol. The van der Waals surface area contributed by atoms with Crippen molar-refractivity contribution in [1.82, 2.24) is 5.32 Å². The van der Waals surface area contributed by atoms with Crippen LogP contribution in [0.5, 0.6) is 0 Å². The molecule has 2 fully saturated rings. The van der Waals surface area contributed by atoms with E-state index >= 15 is 0 Å². The first kappa shape index (κ1) is 13.3. The fourth-order valence-corrected chi connectivity index (χ4v) is 3.37. The van der Waals surface area contributed by atoms with Crippen molar-refractivity contribution in [3.05, 3.63) is 0 Å². The molecule has 0 bridgehead atoms. The van der Waals surface area contributed by atoms with Gasteiger partial charge in [0.05, 0.1) is 12.2 Å². The first-order chi connectivity index (χ1) is 8.27. The van der Waals surface area contributed by atoms with Crippen molar-refractivity contribution in [2.75, 3.05) is 26.8 Å². The normalized spacial score (nSPS) is 37.8. The van der Waals surface area contributed by atoms with Crippen LogP contribution in [-0.2, 0) is 9.47 Å².